The number of carbonyl (C=O) groups is 1. The van der Waals surface area contributed by atoms with E-state index in [1.807, 2.05) is 0 Å². The summed E-state index contributed by atoms with van der Waals surface area (Å²) >= 11 is 0. The lowest BCUT2D eigenvalue weighted by molar-refractivity contribution is -0.119. The minimum atomic E-state index is -1.67. The van der Waals surface area contributed by atoms with Crippen molar-refractivity contribution in [2.75, 3.05) is 5.32 Å². The Morgan fingerprint density at radius 3 is 1.95 bits per heavy atom. The molecule has 3 nitrogen and oxygen atoms in total. The fourth-order valence-corrected chi connectivity index (χ4v) is 1.28. The number of hydrogen-bond donors (Lipinski definition) is 2. The van der Waals surface area contributed by atoms with E-state index in [9.17, 15) is 22.4 Å². The second-order valence-electron chi connectivity index (χ2n) is 5.18. The van der Waals surface area contributed by atoms with E-state index in [-0.39, 0.29) is 6.07 Å². The predicted octanol–water partition coefficient (Wildman–Crippen LogP) is 2.55. The molecule has 0 radical (unpaired) electrons. The Kier molecular flexibility index (Phi) is 4.19. The Morgan fingerprint density at radius 1 is 1.16 bits per heavy atom. The molecule has 0 aliphatic heterocycles. The molecule has 1 aromatic carbocycles. The van der Waals surface area contributed by atoms with Gasteiger partial charge < -0.3 is 11.1 Å². The third-order valence-electron chi connectivity index (χ3n) is 2.58. The first kappa shape index (κ1) is 15.4. The van der Waals surface area contributed by atoms with E-state index < -0.39 is 46.3 Å². The number of nitrogens with two attached hydrogens (primary N) is 1. The number of anilines is 1. The van der Waals surface area contributed by atoms with Gasteiger partial charge in [0.05, 0.1) is 6.04 Å². The molecule has 19 heavy (non-hydrogen) atoms. The summed E-state index contributed by atoms with van der Waals surface area (Å²) in [6, 6.07) is -1.04. The molecule has 0 aliphatic rings. The van der Waals surface area contributed by atoms with Gasteiger partial charge in [-0.2, -0.15) is 0 Å². The highest BCUT2D eigenvalue weighted by molar-refractivity contribution is 5.95. The summed E-state index contributed by atoms with van der Waals surface area (Å²) < 4.78 is 52.5. The lowest BCUT2D eigenvalue weighted by Gasteiger charge is -2.26. The molecule has 1 atom stereocenters. The van der Waals surface area contributed by atoms with E-state index in [1.165, 1.54) is 0 Å². The van der Waals surface area contributed by atoms with Crippen LogP contribution in [-0.4, -0.2) is 11.9 Å². The van der Waals surface area contributed by atoms with Crippen molar-refractivity contribution in [1.82, 2.24) is 0 Å². The summed E-state index contributed by atoms with van der Waals surface area (Å²) in [6.07, 6.45) is 0. The maximum atomic E-state index is 13.3. The third kappa shape index (κ3) is 3.23. The second-order valence-corrected chi connectivity index (χ2v) is 5.18. The predicted molar refractivity (Wildman–Crippen MR) is 62.3 cm³/mol. The average Bonchev–Trinajstić information content (AvgIpc) is 2.29. The number of benzene rings is 1. The van der Waals surface area contributed by atoms with Crippen LogP contribution < -0.4 is 11.1 Å². The van der Waals surface area contributed by atoms with Gasteiger partial charge in [-0.15, -0.1) is 0 Å². The molecule has 7 heteroatoms. The van der Waals surface area contributed by atoms with Crippen LogP contribution in [0.25, 0.3) is 0 Å². The van der Waals surface area contributed by atoms with Crippen molar-refractivity contribution in [3.8, 4) is 0 Å². The first-order chi connectivity index (χ1) is 8.55. The van der Waals surface area contributed by atoms with Crippen LogP contribution in [-0.2, 0) is 4.79 Å². The Bertz CT molecular complexity index is 485. The minimum Gasteiger partial charge on any atom is -0.320 e. The first-order valence-electron chi connectivity index (χ1n) is 5.45. The van der Waals surface area contributed by atoms with E-state index in [0.717, 1.165) is 0 Å². The van der Waals surface area contributed by atoms with Crippen LogP contribution in [0.5, 0.6) is 0 Å². The quantitative estimate of drug-likeness (QED) is 0.645. The number of hydrogen-bond acceptors (Lipinski definition) is 2. The van der Waals surface area contributed by atoms with Crippen LogP contribution in [0.15, 0.2) is 6.07 Å². The molecule has 0 saturated carbocycles. The average molecular weight is 278 g/mol. The van der Waals surface area contributed by atoms with Crippen LogP contribution >= 0.6 is 0 Å². The van der Waals surface area contributed by atoms with Crippen molar-refractivity contribution >= 4 is 11.6 Å². The van der Waals surface area contributed by atoms with Crippen LogP contribution in [0, 0.1) is 28.7 Å². The van der Waals surface area contributed by atoms with Crippen molar-refractivity contribution in [3.63, 3.8) is 0 Å². The van der Waals surface area contributed by atoms with Gasteiger partial charge in [0.15, 0.2) is 23.3 Å². The van der Waals surface area contributed by atoms with Gasteiger partial charge in [-0.25, -0.2) is 17.6 Å². The number of carbonyl (C=O) groups excluding carboxylic acids is 1. The van der Waals surface area contributed by atoms with Crippen LogP contribution in [0.1, 0.15) is 20.8 Å². The van der Waals surface area contributed by atoms with Crippen LogP contribution in [0.4, 0.5) is 23.2 Å². The minimum absolute atomic E-state index is 0.0595. The maximum Gasteiger partial charge on any atom is 0.241 e. The number of halogens is 4. The van der Waals surface area contributed by atoms with E-state index >= 15 is 0 Å². The summed E-state index contributed by atoms with van der Waals surface area (Å²) in [7, 11) is 0. The van der Waals surface area contributed by atoms with Crippen LogP contribution in [0.3, 0.4) is 0 Å². The van der Waals surface area contributed by atoms with Gasteiger partial charge in [0.1, 0.15) is 5.69 Å². The smallest absolute Gasteiger partial charge is 0.241 e. The van der Waals surface area contributed by atoms with E-state index in [1.54, 1.807) is 26.1 Å². The zero-order valence-electron chi connectivity index (χ0n) is 10.7. The molecular weight excluding hydrogens is 264 g/mol. The molecule has 0 bridgehead atoms. The molecule has 0 heterocycles. The Morgan fingerprint density at radius 2 is 1.58 bits per heavy atom. The molecule has 1 amide bonds. The molecule has 0 saturated heterocycles. The number of nitrogens with one attached hydrogen (secondary N) is 1. The van der Waals surface area contributed by atoms with Crippen molar-refractivity contribution < 1.29 is 22.4 Å². The van der Waals surface area contributed by atoms with Gasteiger partial charge in [-0.3, -0.25) is 4.79 Å². The van der Waals surface area contributed by atoms with Gasteiger partial charge in [0.25, 0.3) is 0 Å². The van der Waals surface area contributed by atoms with Gasteiger partial charge in [0.2, 0.25) is 5.91 Å². The maximum absolute atomic E-state index is 13.3. The highest BCUT2D eigenvalue weighted by Crippen LogP contribution is 2.25. The van der Waals surface area contributed by atoms with Gasteiger partial charge in [-0.1, -0.05) is 20.8 Å². The Hall–Kier alpha value is -1.63. The van der Waals surface area contributed by atoms with Crippen molar-refractivity contribution in [3.05, 3.63) is 29.3 Å². The standard InChI is InChI=1S/C12H14F4N2O/c1-12(2,3)10(17)11(19)18-9-7(15)5(13)4-6(14)8(9)16/h4,10H,17H2,1-3H3,(H,18,19)/t10-/m1/s1. The highest BCUT2D eigenvalue weighted by atomic mass is 19.2. The number of rotatable bonds is 2. The van der Waals surface area contributed by atoms with Crippen LogP contribution in [0.2, 0.25) is 0 Å². The number of amides is 1. The molecule has 0 fully saturated rings. The highest BCUT2D eigenvalue weighted by Gasteiger charge is 2.29. The largest absolute Gasteiger partial charge is 0.320 e. The summed E-state index contributed by atoms with van der Waals surface area (Å²) in [5.74, 6) is -7.48. The lowest BCUT2D eigenvalue weighted by atomic mass is 9.87. The molecular formula is C12H14F4N2O. The van der Waals surface area contributed by atoms with Crippen molar-refractivity contribution in [2.24, 2.45) is 11.1 Å². The molecule has 0 aliphatic carbocycles. The Balaban J connectivity index is 3.11. The van der Waals surface area contributed by atoms with Crippen molar-refractivity contribution in [1.29, 1.82) is 0 Å². The summed E-state index contributed by atoms with van der Waals surface area (Å²) in [6.45, 7) is 4.91. The fourth-order valence-electron chi connectivity index (χ4n) is 1.28. The fraction of sp³-hybridized carbons (Fsp3) is 0.417. The monoisotopic (exact) mass is 278 g/mol. The van der Waals surface area contributed by atoms with E-state index in [2.05, 4.69) is 0 Å². The molecule has 0 spiro atoms. The molecule has 1 aromatic rings. The van der Waals surface area contributed by atoms with E-state index in [4.69, 9.17) is 5.73 Å². The van der Waals surface area contributed by atoms with Gasteiger partial charge in [-0.05, 0) is 5.41 Å². The first-order valence-corrected chi connectivity index (χ1v) is 5.45. The normalized spacial score (nSPS) is 13.3. The Labute approximate surface area is 107 Å². The molecule has 0 unspecified atom stereocenters. The topological polar surface area (TPSA) is 55.1 Å². The SMILES string of the molecule is CC(C)(C)[C@H](N)C(=O)Nc1c(F)c(F)cc(F)c1F. The summed E-state index contributed by atoms with van der Waals surface area (Å²) in [5.41, 5.74) is 3.72. The van der Waals surface area contributed by atoms with Gasteiger partial charge >= 0.3 is 0 Å². The molecule has 0 aromatic heterocycles. The summed E-state index contributed by atoms with van der Waals surface area (Å²) in [4.78, 5) is 11.7. The van der Waals surface area contributed by atoms with Crippen molar-refractivity contribution in [2.45, 2.75) is 26.8 Å². The summed E-state index contributed by atoms with van der Waals surface area (Å²) in [5, 5.41) is 1.77. The van der Waals surface area contributed by atoms with Gasteiger partial charge in [0, 0.05) is 6.07 Å². The lowest BCUT2D eigenvalue weighted by Crippen LogP contribution is -2.45. The molecule has 106 valence electrons. The molecule has 1 rings (SSSR count). The molecule has 3 N–H and O–H groups in total. The zero-order chi connectivity index (χ0) is 15.0. The second kappa shape index (κ2) is 5.16. The third-order valence-corrected chi connectivity index (χ3v) is 2.58. The zero-order valence-corrected chi connectivity index (χ0v) is 10.7. The van der Waals surface area contributed by atoms with E-state index in [0.29, 0.717) is 0 Å².